The van der Waals surface area contributed by atoms with Gasteiger partial charge in [-0.2, -0.15) is 0 Å². The summed E-state index contributed by atoms with van der Waals surface area (Å²) < 4.78 is 7.93. The van der Waals surface area contributed by atoms with Crippen molar-refractivity contribution in [2.75, 3.05) is 5.75 Å². The SMILES string of the molecule is Cc1ccc(C)c(-n2c(COc3ccc(Cl)cc3Cl)nnc2SCC(=O)NC2CCCCCC2)c1. The minimum Gasteiger partial charge on any atom is -0.484 e. The number of halogens is 2. The first-order valence-electron chi connectivity index (χ1n) is 11.9. The van der Waals surface area contributed by atoms with Crippen LogP contribution in [0.1, 0.15) is 55.5 Å². The van der Waals surface area contributed by atoms with E-state index in [0.29, 0.717) is 26.8 Å². The molecule has 2 aromatic carbocycles. The normalized spacial score (nSPS) is 14.5. The molecule has 0 bridgehead atoms. The summed E-state index contributed by atoms with van der Waals surface area (Å²) in [5.41, 5.74) is 3.15. The zero-order valence-corrected chi connectivity index (χ0v) is 22.3. The number of rotatable bonds is 8. The van der Waals surface area contributed by atoms with Gasteiger partial charge < -0.3 is 10.1 Å². The van der Waals surface area contributed by atoms with Crippen molar-refractivity contribution < 1.29 is 9.53 Å². The molecule has 1 amide bonds. The van der Waals surface area contributed by atoms with Gasteiger partial charge in [-0.3, -0.25) is 9.36 Å². The number of hydrogen-bond donors (Lipinski definition) is 1. The second-order valence-electron chi connectivity index (χ2n) is 8.93. The van der Waals surface area contributed by atoms with Gasteiger partial charge in [0.25, 0.3) is 0 Å². The maximum atomic E-state index is 12.7. The predicted octanol–water partition coefficient (Wildman–Crippen LogP) is 6.70. The standard InChI is InChI=1S/C26H30Cl2N4O2S/c1-17-9-10-18(2)22(13-17)32-24(15-34-23-12-11-19(27)14-21(23)28)30-31-26(32)35-16-25(33)29-20-7-5-3-4-6-8-20/h9-14,20H,3-8,15-16H2,1-2H3,(H,29,33). The molecule has 186 valence electrons. The Morgan fingerprint density at radius 1 is 1.09 bits per heavy atom. The van der Waals surface area contributed by atoms with Crippen molar-refractivity contribution in [1.82, 2.24) is 20.1 Å². The molecule has 1 saturated carbocycles. The topological polar surface area (TPSA) is 69.0 Å². The third-order valence-corrected chi connectivity index (χ3v) is 7.57. The molecule has 6 nitrogen and oxygen atoms in total. The van der Waals surface area contributed by atoms with Crippen LogP contribution >= 0.6 is 35.0 Å². The number of nitrogens with one attached hydrogen (secondary N) is 1. The number of ether oxygens (including phenoxy) is 1. The monoisotopic (exact) mass is 532 g/mol. The number of benzene rings is 2. The van der Waals surface area contributed by atoms with Crippen molar-refractivity contribution in [2.24, 2.45) is 0 Å². The third-order valence-electron chi connectivity index (χ3n) is 6.11. The molecule has 35 heavy (non-hydrogen) atoms. The molecule has 1 fully saturated rings. The first-order chi connectivity index (χ1) is 16.9. The van der Waals surface area contributed by atoms with Crippen LogP contribution in [0.5, 0.6) is 5.75 Å². The maximum absolute atomic E-state index is 12.7. The fraction of sp³-hybridized carbons (Fsp3) is 0.423. The van der Waals surface area contributed by atoms with Crippen LogP contribution in [0, 0.1) is 13.8 Å². The lowest BCUT2D eigenvalue weighted by molar-refractivity contribution is -0.119. The van der Waals surface area contributed by atoms with E-state index < -0.39 is 0 Å². The van der Waals surface area contributed by atoms with Crippen LogP contribution in [0.3, 0.4) is 0 Å². The lowest BCUT2D eigenvalue weighted by atomic mass is 10.1. The highest BCUT2D eigenvalue weighted by atomic mass is 35.5. The van der Waals surface area contributed by atoms with E-state index in [1.54, 1.807) is 18.2 Å². The first-order valence-corrected chi connectivity index (χ1v) is 13.7. The highest BCUT2D eigenvalue weighted by Gasteiger charge is 2.20. The fourth-order valence-electron chi connectivity index (χ4n) is 4.25. The van der Waals surface area contributed by atoms with E-state index in [1.165, 1.54) is 37.4 Å². The Labute approximate surface area is 220 Å². The Morgan fingerprint density at radius 3 is 2.60 bits per heavy atom. The van der Waals surface area contributed by atoms with Crippen LogP contribution in [0.4, 0.5) is 0 Å². The lowest BCUT2D eigenvalue weighted by Gasteiger charge is -2.17. The van der Waals surface area contributed by atoms with Crippen molar-refractivity contribution in [3.05, 3.63) is 63.4 Å². The van der Waals surface area contributed by atoms with E-state index in [9.17, 15) is 4.79 Å². The summed E-state index contributed by atoms with van der Waals surface area (Å²) in [4.78, 5) is 12.7. The van der Waals surface area contributed by atoms with Crippen LogP contribution in [0.2, 0.25) is 10.0 Å². The molecular weight excluding hydrogens is 503 g/mol. The van der Waals surface area contributed by atoms with Gasteiger partial charge in [0.1, 0.15) is 12.4 Å². The molecule has 1 aromatic heterocycles. The number of nitrogens with zero attached hydrogens (tertiary/aromatic N) is 3. The Bertz CT molecular complexity index is 1180. The van der Waals surface area contributed by atoms with Crippen molar-refractivity contribution in [3.63, 3.8) is 0 Å². The lowest BCUT2D eigenvalue weighted by Crippen LogP contribution is -2.35. The molecular formula is C26H30Cl2N4O2S. The number of aromatic nitrogens is 3. The van der Waals surface area contributed by atoms with Gasteiger partial charge in [-0.05, 0) is 62.1 Å². The van der Waals surface area contributed by atoms with Gasteiger partial charge >= 0.3 is 0 Å². The molecule has 0 saturated heterocycles. The van der Waals surface area contributed by atoms with Crippen LogP contribution in [0.25, 0.3) is 5.69 Å². The minimum atomic E-state index is 0.0307. The number of carbonyl (C=O) groups excluding carboxylic acids is 1. The summed E-state index contributed by atoms with van der Waals surface area (Å²) in [7, 11) is 0. The van der Waals surface area contributed by atoms with Crippen molar-refractivity contribution in [3.8, 4) is 11.4 Å². The Kier molecular flexibility index (Phi) is 8.98. The van der Waals surface area contributed by atoms with Gasteiger partial charge in [0.15, 0.2) is 11.0 Å². The molecule has 1 aliphatic carbocycles. The second kappa shape index (κ2) is 12.2. The molecule has 4 rings (SSSR count). The largest absolute Gasteiger partial charge is 0.484 e. The zero-order chi connectivity index (χ0) is 24.8. The summed E-state index contributed by atoms with van der Waals surface area (Å²) in [5, 5.41) is 13.6. The van der Waals surface area contributed by atoms with E-state index >= 15 is 0 Å². The Morgan fingerprint density at radius 2 is 1.86 bits per heavy atom. The van der Waals surface area contributed by atoms with Gasteiger partial charge in [0, 0.05) is 11.1 Å². The molecule has 1 N–H and O–H groups in total. The van der Waals surface area contributed by atoms with Crippen LogP contribution in [-0.4, -0.2) is 32.5 Å². The highest BCUT2D eigenvalue weighted by molar-refractivity contribution is 7.99. The van der Waals surface area contributed by atoms with E-state index in [-0.39, 0.29) is 24.3 Å². The quantitative estimate of drug-likeness (QED) is 0.258. The van der Waals surface area contributed by atoms with Crippen molar-refractivity contribution in [1.29, 1.82) is 0 Å². The summed E-state index contributed by atoms with van der Waals surface area (Å²) in [5.74, 6) is 1.45. The molecule has 0 atom stereocenters. The Balaban J connectivity index is 1.53. The molecule has 1 heterocycles. The summed E-state index contributed by atoms with van der Waals surface area (Å²) in [6, 6.07) is 11.6. The smallest absolute Gasteiger partial charge is 0.230 e. The van der Waals surface area contributed by atoms with Gasteiger partial charge in [-0.25, -0.2) is 0 Å². The zero-order valence-electron chi connectivity index (χ0n) is 20.0. The van der Waals surface area contributed by atoms with E-state index in [0.717, 1.165) is 29.7 Å². The second-order valence-corrected chi connectivity index (χ2v) is 10.7. The van der Waals surface area contributed by atoms with E-state index in [4.69, 9.17) is 27.9 Å². The third kappa shape index (κ3) is 6.93. The van der Waals surface area contributed by atoms with Gasteiger partial charge in [0.2, 0.25) is 5.91 Å². The molecule has 3 aromatic rings. The number of hydrogen-bond acceptors (Lipinski definition) is 5. The molecule has 1 aliphatic rings. The molecule has 0 unspecified atom stereocenters. The van der Waals surface area contributed by atoms with Gasteiger partial charge in [-0.15, -0.1) is 10.2 Å². The molecule has 0 spiro atoms. The molecule has 9 heteroatoms. The summed E-state index contributed by atoms with van der Waals surface area (Å²) >= 11 is 13.7. The average molecular weight is 534 g/mol. The van der Waals surface area contributed by atoms with Gasteiger partial charge in [-0.1, -0.05) is 72.8 Å². The first kappa shape index (κ1) is 25.9. The van der Waals surface area contributed by atoms with Crippen molar-refractivity contribution in [2.45, 2.75) is 70.2 Å². The van der Waals surface area contributed by atoms with Crippen LogP contribution in [0.15, 0.2) is 41.6 Å². The molecule has 0 radical (unpaired) electrons. The van der Waals surface area contributed by atoms with E-state index in [2.05, 4.69) is 33.7 Å². The van der Waals surface area contributed by atoms with Crippen molar-refractivity contribution >= 4 is 40.9 Å². The predicted molar refractivity (Wildman–Crippen MR) is 142 cm³/mol. The van der Waals surface area contributed by atoms with Gasteiger partial charge in [0.05, 0.1) is 16.5 Å². The highest BCUT2D eigenvalue weighted by Crippen LogP contribution is 2.30. The fourth-order valence-corrected chi connectivity index (χ4v) is 5.49. The Hall–Kier alpha value is -2.22. The minimum absolute atomic E-state index is 0.0307. The summed E-state index contributed by atoms with van der Waals surface area (Å²) in [6.45, 7) is 4.25. The summed E-state index contributed by atoms with van der Waals surface area (Å²) in [6.07, 6.45) is 6.99. The number of thioether (sulfide) groups is 1. The van der Waals surface area contributed by atoms with Crippen LogP contribution in [-0.2, 0) is 11.4 Å². The van der Waals surface area contributed by atoms with Crippen LogP contribution < -0.4 is 10.1 Å². The number of aryl methyl sites for hydroxylation is 2. The van der Waals surface area contributed by atoms with E-state index in [1.807, 2.05) is 18.4 Å². The number of carbonyl (C=O) groups is 1. The average Bonchev–Trinajstić information content (AvgIpc) is 3.04. The number of amides is 1. The maximum Gasteiger partial charge on any atom is 0.230 e. The molecule has 0 aliphatic heterocycles.